The van der Waals surface area contributed by atoms with Gasteiger partial charge in [0.1, 0.15) is 5.82 Å². The summed E-state index contributed by atoms with van der Waals surface area (Å²) in [6, 6.07) is 14.6. The van der Waals surface area contributed by atoms with E-state index in [-0.39, 0.29) is 34.5 Å². The molecule has 1 N–H and O–H groups in total. The van der Waals surface area contributed by atoms with E-state index in [1.54, 1.807) is 12.1 Å². The standard InChI is InChI=1S/C34H36ClF2N3O3/c1-43-31-9-2-22(18-29(31)37)21-39-14-10-34(11-15-39)12-16-40(17-13-34)33(42)24-4-3-23-5-8-30(26(23)19-24)38-32(41)27-20-25(35)6-7-28(27)36/h2-4,6-7,9,18-20,30H,5,8,10-17,21H2,1H3,(H,38,41). The van der Waals surface area contributed by atoms with Gasteiger partial charge < -0.3 is 15.0 Å². The number of hydrogen-bond acceptors (Lipinski definition) is 4. The van der Waals surface area contributed by atoms with Crippen molar-refractivity contribution in [1.82, 2.24) is 15.1 Å². The van der Waals surface area contributed by atoms with Crippen LogP contribution in [0.25, 0.3) is 0 Å². The first kappa shape index (κ1) is 29.6. The van der Waals surface area contributed by atoms with E-state index in [1.165, 1.54) is 25.3 Å². The molecule has 2 saturated heterocycles. The topological polar surface area (TPSA) is 61.9 Å². The molecule has 6 nitrogen and oxygen atoms in total. The van der Waals surface area contributed by atoms with Gasteiger partial charge in [-0.25, -0.2) is 8.78 Å². The molecule has 2 heterocycles. The highest BCUT2D eigenvalue weighted by Crippen LogP contribution is 2.42. The van der Waals surface area contributed by atoms with E-state index in [9.17, 15) is 18.4 Å². The Morgan fingerprint density at radius 1 is 0.953 bits per heavy atom. The Bertz CT molecular complexity index is 1530. The maximum absolute atomic E-state index is 14.3. The summed E-state index contributed by atoms with van der Waals surface area (Å²) in [5, 5.41) is 3.24. The van der Waals surface area contributed by atoms with Crippen LogP contribution >= 0.6 is 11.6 Å². The Labute approximate surface area is 256 Å². The Morgan fingerprint density at radius 2 is 1.70 bits per heavy atom. The van der Waals surface area contributed by atoms with Gasteiger partial charge in [0.2, 0.25) is 0 Å². The minimum absolute atomic E-state index is 0.00878. The lowest BCUT2D eigenvalue weighted by atomic mass is 9.71. The molecule has 1 spiro atoms. The molecule has 3 aliphatic rings. The fraction of sp³-hybridized carbons (Fsp3) is 0.412. The molecule has 1 atom stereocenters. The van der Waals surface area contributed by atoms with Crippen molar-refractivity contribution < 1.29 is 23.1 Å². The second-order valence-electron chi connectivity index (χ2n) is 12.1. The fourth-order valence-electron chi connectivity index (χ4n) is 6.91. The molecule has 0 bridgehead atoms. The number of rotatable bonds is 6. The maximum atomic E-state index is 14.3. The van der Waals surface area contributed by atoms with E-state index in [4.69, 9.17) is 16.3 Å². The van der Waals surface area contributed by atoms with Crippen molar-refractivity contribution in [2.24, 2.45) is 5.41 Å². The van der Waals surface area contributed by atoms with Crippen molar-refractivity contribution in [3.8, 4) is 5.75 Å². The fourth-order valence-corrected chi connectivity index (χ4v) is 7.08. The molecule has 226 valence electrons. The number of nitrogens with one attached hydrogen (secondary N) is 1. The van der Waals surface area contributed by atoms with Gasteiger partial charge in [0.05, 0.1) is 18.7 Å². The minimum atomic E-state index is -0.620. The summed E-state index contributed by atoms with van der Waals surface area (Å²) in [4.78, 5) is 30.7. The predicted octanol–water partition coefficient (Wildman–Crippen LogP) is 6.56. The Morgan fingerprint density at radius 3 is 2.42 bits per heavy atom. The van der Waals surface area contributed by atoms with Gasteiger partial charge in [-0.2, -0.15) is 0 Å². The average Bonchev–Trinajstić information content (AvgIpc) is 3.41. The number of ether oxygens (including phenoxy) is 1. The SMILES string of the molecule is COc1ccc(CN2CCC3(CC2)CCN(C(=O)c2ccc4c(c2)C(NC(=O)c2cc(Cl)ccc2F)CC4)CC3)cc1F. The number of hydrogen-bond donors (Lipinski definition) is 1. The highest BCUT2D eigenvalue weighted by molar-refractivity contribution is 6.31. The van der Waals surface area contributed by atoms with Crippen molar-refractivity contribution in [3.63, 3.8) is 0 Å². The smallest absolute Gasteiger partial charge is 0.254 e. The number of aryl methyl sites for hydroxylation is 1. The Hall–Kier alpha value is -3.49. The van der Waals surface area contributed by atoms with E-state index in [0.717, 1.165) is 68.4 Å². The number of likely N-dealkylation sites (tertiary alicyclic amines) is 2. The maximum Gasteiger partial charge on any atom is 0.254 e. The average molecular weight is 608 g/mol. The zero-order valence-corrected chi connectivity index (χ0v) is 25.1. The van der Waals surface area contributed by atoms with Crippen LogP contribution < -0.4 is 10.1 Å². The number of fused-ring (bicyclic) bond motifs is 1. The first-order valence-electron chi connectivity index (χ1n) is 15.0. The van der Waals surface area contributed by atoms with Gasteiger partial charge in [0.25, 0.3) is 11.8 Å². The van der Waals surface area contributed by atoms with Crippen LogP contribution in [0.4, 0.5) is 8.78 Å². The highest BCUT2D eigenvalue weighted by atomic mass is 35.5. The summed E-state index contributed by atoms with van der Waals surface area (Å²) in [5.74, 6) is -1.19. The van der Waals surface area contributed by atoms with E-state index in [0.29, 0.717) is 30.1 Å². The van der Waals surface area contributed by atoms with Crippen molar-refractivity contribution >= 4 is 23.4 Å². The lowest BCUT2D eigenvalue weighted by molar-refractivity contribution is 0.0285. The number of piperidine rings is 2. The normalized spacial score (nSPS) is 19.7. The summed E-state index contributed by atoms with van der Waals surface area (Å²) >= 11 is 5.98. The summed E-state index contributed by atoms with van der Waals surface area (Å²) in [5.41, 5.74) is 3.72. The highest BCUT2D eigenvalue weighted by Gasteiger charge is 2.39. The summed E-state index contributed by atoms with van der Waals surface area (Å²) in [6.07, 6.45) is 5.56. The number of methoxy groups -OCH3 is 1. The van der Waals surface area contributed by atoms with E-state index in [2.05, 4.69) is 10.2 Å². The quantitative estimate of drug-likeness (QED) is 0.345. The molecule has 9 heteroatoms. The molecule has 0 aromatic heterocycles. The third-order valence-electron chi connectivity index (χ3n) is 9.60. The monoisotopic (exact) mass is 607 g/mol. The van der Waals surface area contributed by atoms with Gasteiger partial charge in [0.15, 0.2) is 11.6 Å². The van der Waals surface area contributed by atoms with Crippen molar-refractivity contribution in [1.29, 1.82) is 0 Å². The lowest BCUT2D eigenvalue weighted by Crippen LogP contribution is -2.48. The molecule has 3 aromatic rings. The molecule has 0 saturated carbocycles. The van der Waals surface area contributed by atoms with Gasteiger partial charge in [0, 0.05) is 30.2 Å². The third kappa shape index (κ3) is 6.27. The van der Waals surface area contributed by atoms with E-state index >= 15 is 0 Å². The number of nitrogens with zero attached hydrogens (tertiary/aromatic N) is 2. The van der Waals surface area contributed by atoms with Gasteiger partial charge in [-0.1, -0.05) is 23.7 Å². The van der Waals surface area contributed by atoms with Crippen LogP contribution in [0.2, 0.25) is 5.02 Å². The first-order valence-corrected chi connectivity index (χ1v) is 15.3. The Kier molecular flexibility index (Phi) is 8.42. The van der Waals surface area contributed by atoms with Crippen molar-refractivity contribution in [3.05, 3.63) is 99.1 Å². The zero-order chi connectivity index (χ0) is 30.1. The minimum Gasteiger partial charge on any atom is -0.494 e. The predicted molar refractivity (Wildman–Crippen MR) is 161 cm³/mol. The van der Waals surface area contributed by atoms with Gasteiger partial charge in [-0.05, 0) is 116 Å². The summed E-state index contributed by atoms with van der Waals surface area (Å²) in [6.45, 7) is 4.06. The lowest BCUT2D eigenvalue weighted by Gasteiger charge is -2.47. The number of carbonyl (C=O) groups is 2. The molecule has 1 aliphatic carbocycles. The molecule has 43 heavy (non-hydrogen) atoms. The van der Waals surface area contributed by atoms with Crippen molar-refractivity contribution in [2.75, 3.05) is 33.3 Å². The van der Waals surface area contributed by atoms with Gasteiger partial charge in [-0.3, -0.25) is 14.5 Å². The molecule has 1 unspecified atom stereocenters. The van der Waals surface area contributed by atoms with Crippen LogP contribution in [-0.2, 0) is 13.0 Å². The molecule has 2 aliphatic heterocycles. The third-order valence-corrected chi connectivity index (χ3v) is 9.83. The van der Waals surface area contributed by atoms with Crippen LogP contribution in [-0.4, -0.2) is 54.9 Å². The zero-order valence-electron chi connectivity index (χ0n) is 24.3. The molecular weight excluding hydrogens is 572 g/mol. The van der Waals surface area contributed by atoms with Crippen LogP contribution in [0.1, 0.15) is 75.6 Å². The van der Waals surface area contributed by atoms with E-state index in [1.807, 2.05) is 29.2 Å². The largest absolute Gasteiger partial charge is 0.494 e. The Balaban J connectivity index is 1.04. The van der Waals surface area contributed by atoms with Crippen LogP contribution in [0, 0.1) is 17.0 Å². The molecule has 2 amide bonds. The molecule has 3 aromatic carbocycles. The van der Waals surface area contributed by atoms with Gasteiger partial charge >= 0.3 is 0 Å². The number of halogens is 3. The van der Waals surface area contributed by atoms with Crippen molar-refractivity contribution in [2.45, 2.75) is 51.1 Å². The summed E-state index contributed by atoms with van der Waals surface area (Å²) < 4.78 is 33.4. The first-order chi connectivity index (χ1) is 20.7. The van der Waals surface area contributed by atoms with Crippen LogP contribution in [0.3, 0.4) is 0 Å². The van der Waals surface area contributed by atoms with Crippen LogP contribution in [0.15, 0.2) is 54.6 Å². The second-order valence-corrected chi connectivity index (χ2v) is 12.6. The molecule has 6 rings (SSSR count). The molecule has 0 radical (unpaired) electrons. The second kappa shape index (κ2) is 12.2. The summed E-state index contributed by atoms with van der Waals surface area (Å²) in [7, 11) is 1.47. The number of benzene rings is 3. The number of amides is 2. The number of carbonyl (C=O) groups excluding carboxylic acids is 2. The van der Waals surface area contributed by atoms with Gasteiger partial charge in [-0.15, -0.1) is 0 Å². The van der Waals surface area contributed by atoms with E-state index < -0.39 is 11.7 Å². The molecule has 2 fully saturated rings. The molecular formula is C34H36ClF2N3O3. The van der Waals surface area contributed by atoms with Crippen LogP contribution in [0.5, 0.6) is 5.75 Å².